The molecule has 0 bridgehead atoms. The molecule has 0 radical (unpaired) electrons. The van der Waals surface area contributed by atoms with Crippen LogP contribution in [0.3, 0.4) is 0 Å². The predicted octanol–water partition coefficient (Wildman–Crippen LogP) is 8.00. The van der Waals surface area contributed by atoms with Gasteiger partial charge in [-0.15, -0.1) is 0 Å². The van der Waals surface area contributed by atoms with Gasteiger partial charge in [0.05, 0.1) is 17.5 Å². The highest BCUT2D eigenvalue weighted by Gasteiger charge is 2.39. The van der Waals surface area contributed by atoms with Gasteiger partial charge in [0.15, 0.2) is 0 Å². The molecule has 10 heteroatoms. The Balaban J connectivity index is 1.36. The second kappa shape index (κ2) is 15.1. The van der Waals surface area contributed by atoms with Gasteiger partial charge in [-0.1, -0.05) is 66.7 Å². The molecular weight excluding hydrogens is 640 g/mol. The normalized spacial score (nSPS) is 16.1. The summed E-state index contributed by atoms with van der Waals surface area (Å²) in [7, 11) is 0. The first-order chi connectivity index (χ1) is 23.7. The molecular formula is C40H43F2N3O5. The number of carbonyl (C=O) groups is 3. The van der Waals surface area contributed by atoms with Gasteiger partial charge in [-0.05, 0) is 105 Å². The minimum absolute atomic E-state index is 0.0766. The summed E-state index contributed by atoms with van der Waals surface area (Å²) in [5.41, 5.74) is 2.81. The van der Waals surface area contributed by atoms with Crippen molar-refractivity contribution in [1.82, 2.24) is 15.5 Å². The molecule has 4 aromatic rings. The van der Waals surface area contributed by atoms with Crippen LogP contribution in [0.4, 0.5) is 18.4 Å². The molecule has 0 aliphatic carbocycles. The minimum Gasteiger partial charge on any atom is -0.445 e. The Labute approximate surface area is 291 Å². The van der Waals surface area contributed by atoms with Crippen molar-refractivity contribution in [3.63, 3.8) is 0 Å². The lowest BCUT2D eigenvalue weighted by Gasteiger charge is -2.28. The minimum atomic E-state index is -1.06. The van der Waals surface area contributed by atoms with Crippen molar-refractivity contribution in [2.24, 2.45) is 0 Å². The van der Waals surface area contributed by atoms with Gasteiger partial charge in [-0.2, -0.15) is 0 Å². The Morgan fingerprint density at radius 3 is 1.88 bits per heavy atom. The van der Waals surface area contributed by atoms with Gasteiger partial charge in [0, 0.05) is 13.1 Å². The van der Waals surface area contributed by atoms with E-state index in [1.165, 1.54) is 29.2 Å². The number of carbonyl (C=O) groups excluding carboxylic acids is 3. The third kappa shape index (κ3) is 9.25. The molecule has 8 nitrogen and oxygen atoms in total. The fourth-order valence-corrected chi connectivity index (χ4v) is 5.88. The summed E-state index contributed by atoms with van der Waals surface area (Å²) in [6, 6.07) is 26.3. The van der Waals surface area contributed by atoms with Gasteiger partial charge in [0.25, 0.3) is 0 Å². The molecule has 5 rings (SSSR count). The van der Waals surface area contributed by atoms with Crippen molar-refractivity contribution < 1.29 is 32.6 Å². The average molecular weight is 684 g/mol. The van der Waals surface area contributed by atoms with E-state index in [0.29, 0.717) is 12.0 Å². The quantitative estimate of drug-likeness (QED) is 0.186. The summed E-state index contributed by atoms with van der Waals surface area (Å²) in [4.78, 5) is 41.4. The Kier molecular flexibility index (Phi) is 10.9. The lowest BCUT2D eigenvalue weighted by atomic mass is 9.80. The van der Waals surface area contributed by atoms with Gasteiger partial charge in [0.1, 0.15) is 23.8 Å². The SMILES string of the molecule is CC(C)(C)OC(=O)N[C@H]1C[C@@H](CNC(=O)C(C)(C)c2cc(-c3ccc(F)cc3)cc(-c3ccc(F)cc3)c2)N(C(=O)OCc2ccccc2)C1. The first-order valence-corrected chi connectivity index (χ1v) is 16.6. The fourth-order valence-electron chi connectivity index (χ4n) is 5.88. The van der Waals surface area contributed by atoms with Gasteiger partial charge in [0.2, 0.25) is 5.91 Å². The van der Waals surface area contributed by atoms with Crippen LogP contribution < -0.4 is 10.6 Å². The molecule has 1 aliphatic rings. The highest BCUT2D eigenvalue weighted by molar-refractivity contribution is 5.89. The van der Waals surface area contributed by atoms with E-state index in [9.17, 15) is 23.2 Å². The predicted molar refractivity (Wildman–Crippen MR) is 188 cm³/mol. The van der Waals surface area contributed by atoms with Crippen LogP contribution in [0, 0.1) is 11.6 Å². The highest BCUT2D eigenvalue weighted by atomic mass is 19.1. The van der Waals surface area contributed by atoms with E-state index in [-0.39, 0.29) is 37.2 Å². The van der Waals surface area contributed by atoms with E-state index in [4.69, 9.17) is 9.47 Å². The third-order valence-electron chi connectivity index (χ3n) is 8.65. The van der Waals surface area contributed by atoms with E-state index in [0.717, 1.165) is 27.8 Å². The Morgan fingerprint density at radius 1 is 0.780 bits per heavy atom. The van der Waals surface area contributed by atoms with E-state index in [1.54, 1.807) is 58.9 Å². The Bertz CT molecular complexity index is 1740. The topological polar surface area (TPSA) is 97.0 Å². The third-order valence-corrected chi connectivity index (χ3v) is 8.65. The fraction of sp³-hybridized carbons (Fsp3) is 0.325. The number of nitrogens with one attached hydrogen (secondary N) is 2. The number of rotatable bonds is 9. The summed E-state index contributed by atoms with van der Waals surface area (Å²) >= 11 is 0. The molecule has 0 unspecified atom stereocenters. The number of benzene rings is 4. The highest BCUT2D eigenvalue weighted by Crippen LogP contribution is 2.34. The van der Waals surface area contributed by atoms with Crippen LogP contribution in [0.25, 0.3) is 22.3 Å². The Hall–Kier alpha value is -5.25. The molecule has 2 N–H and O–H groups in total. The van der Waals surface area contributed by atoms with Gasteiger partial charge >= 0.3 is 12.2 Å². The number of nitrogens with zero attached hydrogens (tertiary/aromatic N) is 1. The number of halogens is 2. The summed E-state index contributed by atoms with van der Waals surface area (Å²) < 4.78 is 38.6. The zero-order valence-electron chi connectivity index (χ0n) is 29.0. The van der Waals surface area contributed by atoms with Crippen molar-refractivity contribution in [3.8, 4) is 22.3 Å². The molecule has 1 fully saturated rings. The van der Waals surface area contributed by atoms with Gasteiger partial charge in [-0.25, -0.2) is 18.4 Å². The van der Waals surface area contributed by atoms with Crippen LogP contribution >= 0.6 is 0 Å². The molecule has 0 saturated carbocycles. The summed E-state index contributed by atoms with van der Waals surface area (Å²) in [6.07, 6.45) is -0.782. The average Bonchev–Trinajstić information content (AvgIpc) is 3.48. The summed E-state index contributed by atoms with van der Waals surface area (Å²) in [6.45, 7) is 9.27. The van der Waals surface area contributed by atoms with Gasteiger partial charge < -0.3 is 25.0 Å². The van der Waals surface area contributed by atoms with Crippen molar-refractivity contribution in [2.75, 3.05) is 13.1 Å². The lowest BCUT2D eigenvalue weighted by Crippen LogP contribution is -2.47. The van der Waals surface area contributed by atoms with Crippen LogP contribution in [-0.2, 0) is 26.3 Å². The molecule has 50 heavy (non-hydrogen) atoms. The van der Waals surface area contributed by atoms with E-state index >= 15 is 0 Å². The molecule has 1 aliphatic heterocycles. The number of ether oxygens (including phenoxy) is 2. The maximum Gasteiger partial charge on any atom is 0.410 e. The molecule has 0 spiro atoms. The van der Waals surface area contributed by atoms with Crippen LogP contribution in [-0.4, -0.2) is 53.8 Å². The number of likely N-dealkylation sites (tertiary alicyclic amines) is 1. The number of amides is 3. The van der Waals surface area contributed by atoms with Crippen molar-refractivity contribution >= 4 is 18.1 Å². The molecule has 0 aromatic heterocycles. The van der Waals surface area contributed by atoms with Crippen LogP contribution in [0.15, 0.2) is 97.1 Å². The van der Waals surface area contributed by atoms with Gasteiger partial charge in [-0.3, -0.25) is 4.79 Å². The molecule has 1 saturated heterocycles. The zero-order valence-corrected chi connectivity index (χ0v) is 29.0. The van der Waals surface area contributed by atoms with E-state index < -0.39 is 35.3 Å². The van der Waals surface area contributed by atoms with E-state index in [1.807, 2.05) is 48.5 Å². The zero-order chi connectivity index (χ0) is 36.1. The number of alkyl carbamates (subject to hydrolysis) is 1. The maximum absolute atomic E-state index is 14.0. The smallest absolute Gasteiger partial charge is 0.410 e. The second-order valence-electron chi connectivity index (χ2n) is 14.1. The largest absolute Gasteiger partial charge is 0.445 e. The molecule has 2 atom stereocenters. The molecule has 262 valence electrons. The Morgan fingerprint density at radius 2 is 1.34 bits per heavy atom. The maximum atomic E-state index is 14.0. The summed E-state index contributed by atoms with van der Waals surface area (Å²) in [5.74, 6) is -1.02. The van der Waals surface area contributed by atoms with Crippen LogP contribution in [0.2, 0.25) is 0 Å². The standard InChI is InChI=1S/C40H43F2N3O5/c1-39(2,3)50-37(47)44-34-22-35(45(24-34)38(48)49-25-26-9-7-6-8-10-26)23-43-36(46)40(4,5)31-20-29(27-11-15-32(41)16-12-27)19-30(21-31)28-13-17-33(42)18-14-28/h6-21,34-35H,22-25H2,1-5H3,(H,43,46)(H,44,47)/t34-,35-/m0/s1. The molecule has 1 heterocycles. The van der Waals surface area contributed by atoms with Crippen molar-refractivity contribution in [3.05, 3.63) is 120 Å². The van der Waals surface area contributed by atoms with Crippen molar-refractivity contribution in [1.29, 1.82) is 0 Å². The molecule has 4 aromatic carbocycles. The number of hydrogen-bond acceptors (Lipinski definition) is 5. The summed E-state index contributed by atoms with van der Waals surface area (Å²) in [5, 5.41) is 5.88. The van der Waals surface area contributed by atoms with Crippen LogP contribution in [0.1, 0.15) is 52.2 Å². The van der Waals surface area contributed by atoms with Crippen LogP contribution in [0.5, 0.6) is 0 Å². The number of hydrogen-bond donors (Lipinski definition) is 2. The molecule has 3 amide bonds. The monoisotopic (exact) mass is 683 g/mol. The first kappa shape index (κ1) is 36.0. The lowest BCUT2D eigenvalue weighted by molar-refractivity contribution is -0.125. The van der Waals surface area contributed by atoms with Crippen molar-refractivity contribution in [2.45, 2.75) is 70.7 Å². The van der Waals surface area contributed by atoms with E-state index in [2.05, 4.69) is 10.6 Å². The second-order valence-corrected chi connectivity index (χ2v) is 14.1. The first-order valence-electron chi connectivity index (χ1n) is 16.6.